The third kappa shape index (κ3) is 3.40. The van der Waals surface area contributed by atoms with E-state index in [1.165, 1.54) is 16.2 Å². The minimum absolute atomic E-state index is 0.00563. The Morgan fingerprint density at radius 3 is 2.87 bits per heavy atom. The number of para-hydroxylation sites is 2. The molecule has 0 saturated heterocycles. The Morgan fingerprint density at radius 1 is 1.26 bits per heavy atom. The molecule has 1 aromatic carbocycles. The van der Waals surface area contributed by atoms with Crippen molar-refractivity contribution in [2.24, 2.45) is 0 Å². The van der Waals surface area contributed by atoms with Crippen LogP contribution in [0.4, 0.5) is 11.4 Å². The summed E-state index contributed by atoms with van der Waals surface area (Å²) in [5.74, 6) is -0.617. The normalized spacial score (nSPS) is 13.2. The first-order chi connectivity index (χ1) is 11.1. The van der Waals surface area contributed by atoms with Crippen molar-refractivity contribution in [2.75, 3.05) is 23.3 Å². The number of hydrogen-bond donors (Lipinski definition) is 2. The van der Waals surface area contributed by atoms with E-state index in [0.717, 1.165) is 0 Å². The highest BCUT2D eigenvalue weighted by Crippen LogP contribution is 2.29. The third-order valence-corrected chi connectivity index (χ3v) is 4.16. The number of anilines is 2. The molecule has 0 unspecified atom stereocenters. The number of carbonyl (C=O) groups excluding carboxylic acids is 3. The lowest BCUT2D eigenvalue weighted by atomic mass is 10.2. The molecule has 2 heterocycles. The third-order valence-electron chi connectivity index (χ3n) is 3.48. The van der Waals surface area contributed by atoms with Crippen LogP contribution in [0.3, 0.4) is 0 Å². The summed E-state index contributed by atoms with van der Waals surface area (Å²) < 4.78 is 0. The standard InChI is InChI=1S/C16H15N3O3S/c20-14-9-19(13-4-2-1-3-12(13)18-14)15(21)5-7-17-16(22)11-6-8-23-10-11/h1-4,6,8,10H,5,7,9H2,(H,17,22)(H,18,20). The lowest BCUT2D eigenvalue weighted by Gasteiger charge is -2.29. The van der Waals surface area contributed by atoms with Crippen molar-refractivity contribution < 1.29 is 14.4 Å². The molecule has 0 spiro atoms. The van der Waals surface area contributed by atoms with Gasteiger partial charge in [-0.3, -0.25) is 14.4 Å². The minimum atomic E-state index is -0.223. The van der Waals surface area contributed by atoms with Gasteiger partial charge in [-0.1, -0.05) is 12.1 Å². The first kappa shape index (κ1) is 15.2. The highest BCUT2D eigenvalue weighted by atomic mass is 32.1. The molecule has 0 fully saturated rings. The molecule has 0 aliphatic carbocycles. The number of benzene rings is 1. The van der Waals surface area contributed by atoms with Gasteiger partial charge in [0.05, 0.1) is 11.4 Å². The lowest BCUT2D eigenvalue weighted by molar-refractivity contribution is -0.121. The van der Waals surface area contributed by atoms with Crippen LogP contribution in [0.15, 0.2) is 41.1 Å². The van der Waals surface area contributed by atoms with Crippen LogP contribution in [0, 0.1) is 0 Å². The van der Waals surface area contributed by atoms with Gasteiger partial charge in [-0.15, -0.1) is 0 Å². The number of hydrogen-bond acceptors (Lipinski definition) is 4. The molecule has 0 atom stereocenters. The Hall–Kier alpha value is -2.67. The van der Waals surface area contributed by atoms with E-state index < -0.39 is 0 Å². The van der Waals surface area contributed by atoms with Gasteiger partial charge >= 0.3 is 0 Å². The van der Waals surface area contributed by atoms with Crippen LogP contribution < -0.4 is 15.5 Å². The van der Waals surface area contributed by atoms with Gasteiger partial charge < -0.3 is 15.5 Å². The number of nitrogens with one attached hydrogen (secondary N) is 2. The molecule has 6 nitrogen and oxygen atoms in total. The van der Waals surface area contributed by atoms with E-state index in [2.05, 4.69) is 10.6 Å². The summed E-state index contributed by atoms with van der Waals surface area (Å²) in [6.45, 7) is 0.224. The Labute approximate surface area is 137 Å². The molecule has 0 radical (unpaired) electrons. The van der Waals surface area contributed by atoms with Crippen molar-refractivity contribution in [3.8, 4) is 0 Å². The molecule has 0 saturated carbocycles. The number of fused-ring (bicyclic) bond motifs is 1. The molecule has 0 bridgehead atoms. The van der Waals surface area contributed by atoms with Crippen LogP contribution in [0.2, 0.25) is 0 Å². The quantitative estimate of drug-likeness (QED) is 0.898. The predicted molar refractivity (Wildman–Crippen MR) is 88.7 cm³/mol. The van der Waals surface area contributed by atoms with Crippen LogP contribution in [0.5, 0.6) is 0 Å². The first-order valence-electron chi connectivity index (χ1n) is 7.15. The van der Waals surface area contributed by atoms with Crippen LogP contribution in [0.1, 0.15) is 16.8 Å². The van der Waals surface area contributed by atoms with Crippen LogP contribution in [-0.4, -0.2) is 30.8 Å². The highest BCUT2D eigenvalue weighted by Gasteiger charge is 2.26. The molecule has 23 heavy (non-hydrogen) atoms. The molecule has 3 rings (SSSR count). The maximum Gasteiger partial charge on any atom is 0.252 e. The van der Waals surface area contributed by atoms with Gasteiger partial charge in [0.15, 0.2) is 0 Å². The molecule has 2 N–H and O–H groups in total. The lowest BCUT2D eigenvalue weighted by Crippen LogP contribution is -2.43. The second kappa shape index (κ2) is 6.62. The summed E-state index contributed by atoms with van der Waals surface area (Å²) in [6, 6.07) is 8.89. The van der Waals surface area contributed by atoms with E-state index in [4.69, 9.17) is 0 Å². The molecule has 1 aliphatic rings. The maximum atomic E-state index is 12.4. The maximum absolute atomic E-state index is 12.4. The Kier molecular flexibility index (Phi) is 4.38. The first-order valence-corrected chi connectivity index (χ1v) is 8.09. The van der Waals surface area contributed by atoms with Gasteiger partial charge in [0, 0.05) is 23.9 Å². The Bertz CT molecular complexity index is 743. The number of rotatable bonds is 4. The van der Waals surface area contributed by atoms with Crippen molar-refractivity contribution >= 4 is 40.4 Å². The number of amides is 3. The van der Waals surface area contributed by atoms with Gasteiger partial charge in [-0.05, 0) is 23.6 Å². The Morgan fingerprint density at radius 2 is 2.09 bits per heavy atom. The van der Waals surface area contributed by atoms with Gasteiger partial charge in [0.25, 0.3) is 5.91 Å². The average Bonchev–Trinajstić information content (AvgIpc) is 3.08. The second-order valence-electron chi connectivity index (χ2n) is 5.06. The topological polar surface area (TPSA) is 78.5 Å². The summed E-state index contributed by atoms with van der Waals surface area (Å²) in [5, 5.41) is 9.02. The fraction of sp³-hybridized carbons (Fsp3) is 0.188. The molecule has 118 valence electrons. The van der Waals surface area contributed by atoms with Crippen molar-refractivity contribution in [3.05, 3.63) is 46.7 Å². The van der Waals surface area contributed by atoms with Gasteiger partial charge in [0.2, 0.25) is 11.8 Å². The summed E-state index contributed by atoms with van der Waals surface area (Å²) in [5.41, 5.74) is 1.89. The van der Waals surface area contributed by atoms with E-state index in [9.17, 15) is 14.4 Å². The van der Waals surface area contributed by atoms with E-state index in [0.29, 0.717) is 16.9 Å². The largest absolute Gasteiger partial charge is 0.351 e. The monoisotopic (exact) mass is 329 g/mol. The number of carbonyl (C=O) groups is 3. The summed E-state index contributed by atoms with van der Waals surface area (Å²) in [4.78, 5) is 37.3. The summed E-state index contributed by atoms with van der Waals surface area (Å²) in [6.07, 6.45) is 0.136. The van der Waals surface area contributed by atoms with Crippen molar-refractivity contribution in [1.29, 1.82) is 0 Å². The van der Waals surface area contributed by atoms with Crippen molar-refractivity contribution in [3.63, 3.8) is 0 Å². The van der Waals surface area contributed by atoms with Crippen molar-refractivity contribution in [1.82, 2.24) is 5.32 Å². The molecule has 3 amide bonds. The molecule has 2 aromatic rings. The van der Waals surface area contributed by atoms with E-state index in [-0.39, 0.29) is 37.2 Å². The minimum Gasteiger partial charge on any atom is -0.351 e. The molecule has 7 heteroatoms. The van der Waals surface area contributed by atoms with Gasteiger partial charge in [0.1, 0.15) is 6.54 Å². The van der Waals surface area contributed by atoms with E-state index in [1.807, 2.05) is 11.4 Å². The zero-order valence-electron chi connectivity index (χ0n) is 12.2. The summed E-state index contributed by atoms with van der Waals surface area (Å²) in [7, 11) is 0. The fourth-order valence-corrected chi connectivity index (χ4v) is 3.01. The Balaban J connectivity index is 1.60. The van der Waals surface area contributed by atoms with Crippen LogP contribution in [0.25, 0.3) is 0 Å². The van der Waals surface area contributed by atoms with E-state index in [1.54, 1.807) is 29.6 Å². The molecular formula is C16H15N3O3S. The molecule has 1 aromatic heterocycles. The number of thiophene rings is 1. The van der Waals surface area contributed by atoms with Crippen LogP contribution >= 0.6 is 11.3 Å². The smallest absolute Gasteiger partial charge is 0.252 e. The number of nitrogens with zero attached hydrogens (tertiary/aromatic N) is 1. The zero-order valence-corrected chi connectivity index (χ0v) is 13.1. The average molecular weight is 329 g/mol. The van der Waals surface area contributed by atoms with Crippen molar-refractivity contribution in [2.45, 2.75) is 6.42 Å². The van der Waals surface area contributed by atoms with Gasteiger partial charge in [-0.2, -0.15) is 11.3 Å². The zero-order chi connectivity index (χ0) is 16.2. The highest BCUT2D eigenvalue weighted by molar-refractivity contribution is 7.08. The van der Waals surface area contributed by atoms with Gasteiger partial charge in [-0.25, -0.2) is 0 Å². The second-order valence-corrected chi connectivity index (χ2v) is 5.84. The van der Waals surface area contributed by atoms with Crippen LogP contribution in [-0.2, 0) is 9.59 Å². The fourth-order valence-electron chi connectivity index (χ4n) is 2.37. The predicted octanol–water partition coefficient (Wildman–Crippen LogP) is 1.85. The SMILES string of the molecule is O=C1CN(C(=O)CCNC(=O)c2ccsc2)c2ccccc2N1. The van der Waals surface area contributed by atoms with E-state index >= 15 is 0 Å². The summed E-state index contributed by atoms with van der Waals surface area (Å²) >= 11 is 1.44. The molecule has 1 aliphatic heterocycles. The molecular weight excluding hydrogens is 314 g/mol.